The summed E-state index contributed by atoms with van der Waals surface area (Å²) >= 11 is 3.42. The molecular formula is C14H22BrN3O2S. The average Bonchev–Trinajstić information content (AvgIpc) is 2.43. The van der Waals surface area contributed by atoms with Crippen LogP contribution in [0.4, 0.5) is 5.69 Å². The third kappa shape index (κ3) is 4.42. The number of hydrogen-bond donors (Lipinski definition) is 2. The fourth-order valence-electron chi connectivity index (χ4n) is 2.57. The van der Waals surface area contributed by atoms with E-state index in [0.29, 0.717) is 24.7 Å². The van der Waals surface area contributed by atoms with E-state index < -0.39 is 10.2 Å². The van der Waals surface area contributed by atoms with E-state index in [9.17, 15) is 8.42 Å². The summed E-state index contributed by atoms with van der Waals surface area (Å²) in [5.74, 6) is 0.380. The lowest BCUT2D eigenvalue weighted by Gasteiger charge is -2.31. The number of piperidine rings is 1. The Kier molecular flexibility index (Phi) is 5.65. The standard InChI is InChI=1S/C14H22BrN3O2S/c1-11-5-6-13(8-14(11)15)17-21(19,20)18-7-3-4-12(10-18)9-16-2/h5-6,8,12,16-17H,3-4,7,9-10H2,1-2H3. The molecule has 0 bridgehead atoms. The average molecular weight is 376 g/mol. The van der Waals surface area contributed by atoms with Crippen LogP contribution in [0.1, 0.15) is 18.4 Å². The minimum absolute atomic E-state index is 0.380. The lowest BCUT2D eigenvalue weighted by molar-refractivity contribution is 0.264. The predicted molar refractivity (Wildman–Crippen MR) is 89.6 cm³/mol. The first-order valence-corrected chi connectivity index (χ1v) is 9.34. The monoisotopic (exact) mass is 375 g/mol. The van der Waals surface area contributed by atoms with Crippen molar-refractivity contribution >= 4 is 31.8 Å². The Morgan fingerprint density at radius 1 is 1.43 bits per heavy atom. The number of nitrogens with zero attached hydrogens (tertiary/aromatic N) is 1. The van der Waals surface area contributed by atoms with Crippen LogP contribution >= 0.6 is 15.9 Å². The number of nitrogens with one attached hydrogen (secondary N) is 2. The van der Waals surface area contributed by atoms with Crippen molar-refractivity contribution in [2.45, 2.75) is 19.8 Å². The number of anilines is 1. The van der Waals surface area contributed by atoms with Gasteiger partial charge in [0.1, 0.15) is 0 Å². The molecular weight excluding hydrogens is 354 g/mol. The molecule has 1 heterocycles. The Balaban J connectivity index is 2.08. The van der Waals surface area contributed by atoms with Gasteiger partial charge in [-0.2, -0.15) is 12.7 Å². The van der Waals surface area contributed by atoms with Crippen molar-refractivity contribution in [1.29, 1.82) is 0 Å². The van der Waals surface area contributed by atoms with E-state index >= 15 is 0 Å². The van der Waals surface area contributed by atoms with Crippen molar-refractivity contribution in [3.8, 4) is 0 Å². The maximum Gasteiger partial charge on any atom is 0.301 e. The van der Waals surface area contributed by atoms with Crippen molar-refractivity contribution in [2.75, 3.05) is 31.4 Å². The number of benzene rings is 1. The number of halogens is 1. The molecule has 0 aliphatic carbocycles. The number of aryl methyl sites for hydroxylation is 1. The molecule has 0 saturated carbocycles. The Morgan fingerprint density at radius 3 is 2.86 bits per heavy atom. The van der Waals surface area contributed by atoms with Crippen LogP contribution in [0.25, 0.3) is 0 Å². The second-order valence-electron chi connectivity index (χ2n) is 5.50. The lowest BCUT2D eigenvalue weighted by atomic mass is 10.00. The van der Waals surface area contributed by atoms with Crippen molar-refractivity contribution < 1.29 is 8.42 Å². The molecule has 1 aromatic rings. The van der Waals surface area contributed by atoms with Crippen LogP contribution in [0.15, 0.2) is 22.7 Å². The van der Waals surface area contributed by atoms with Crippen LogP contribution in [0.5, 0.6) is 0 Å². The molecule has 0 radical (unpaired) electrons. The minimum Gasteiger partial charge on any atom is -0.319 e. The van der Waals surface area contributed by atoms with Crippen molar-refractivity contribution in [3.05, 3.63) is 28.2 Å². The third-order valence-corrected chi connectivity index (χ3v) is 6.09. The highest BCUT2D eigenvalue weighted by Gasteiger charge is 2.28. The molecule has 7 heteroatoms. The van der Waals surface area contributed by atoms with Gasteiger partial charge in [-0.1, -0.05) is 22.0 Å². The van der Waals surface area contributed by atoms with Crippen LogP contribution in [0, 0.1) is 12.8 Å². The molecule has 1 fully saturated rings. The van der Waals surface area contributed by atoms with Gasteiger partial charge in [-0.15, -0.1) is 0 Å². The first kappa shape index (κ1) is 16.7. The zero-order chi connectivity index (χ0) is 15.5. The summed E-state index contributed by atoms with van der Waals surface area (Å²) in [4.78, 5) is 0. The quantitative estimate of drug-likeness (QED) is 0.829. The Hall–Kier alpha value is -0.630. The first-order valence-electron chi connectivity index (χ1n) is 7.11. The molecule has 1 aliphatic heterocycles. The van der Waals surface area contributed by atoms with Crippen molar-refractivity contribution in [2.24, 2.45) is 5.92 Å². The van der Waals surface area contributed by atoms with E-state index in [2.05, 4.69) is 26.0 Å². The maximum atomic E-state index is 12.5. The third-order valence-electron chi connectivity index (χ3n) is 3.73. The van der Waals surface area contributed by atoms with Gasteiger partial charge in [0.2, 0.25) is 0 Å². The summed E-state index contributed by atoms with van der Waals surface area (Å²) < 4.78 is 30.1. The molecule has 5 nitrogen and oxygen atoms in total. The molecule has 1 aromatic carbocycles. The summed E-state index contributed by atoms with van der Waals surface area (Å²) in [6.45, 7) is 3.98. The highest BCUT2D eigenvalue weighted by atomic mass is 79.9. The zero-order valence-corrected chi connectivity index (χ0v) is 14.8. The molecule has 1 unspecified atom stereocenters. The van der Waals surface area contributed by atoms with Crippen LogP contribution in [0.3, 0.4) is 0 Å². The highest BCUT2D eigenvalue weighted by Crippen LogP contribution is 2.24. The van der Waals surface area contributed by atoms with Crippen LogP contribution < -0.4 is 10.0 Å². The number of hydrogen-bond acceptors (Lipinski definition) is 3. The topological polar surface area (TPSA) is 61.4 Å². The van der Waals surface area contributed by atoms with Gasteiger partial charge in [-0.05, 0) is 57.0 Å². The van der Waals surface area contributed by atoms with Crippen molar-refractivity contribution in [1.82, 2.24) is 9.62 Å². The van der Waals surface area contributed by atoms with E-state index in [4.69, 9.17) is 0 Å². The Labute approximate surface area is 135 Å². The fourth-order valence-corrected chi connectivity index (χ4v) is 4.28. The van der Waals surface area contributed by atoms with Gasteiger partial charge in [0, 0.05) is 17.6 Å². The van der Waals surface area contributed by atoms with Gasteiger partial charge >= 0.3 is 10.2 Å². The summed E-state index contributed by atoms with van der Waals surface area (Å²) in [5, 5.41) is 3.12. The lowest BCUT2D eigenvalue weighted by Crippen LogP contribution is -2.44. The van der Waals surface area contributed by atoms with Gasteiger partial charge < -0.3 is 5.32 Å². The SMILES string of the molecule is CNCC1CCCN(S(=O)(=O)Nc2ccc(C)c(Br)c2)C1. The van der Waals surface area contributed by atoms with Gasteiger partial charge in [0.25, 0.3) is 0 Å². The van der Waals surface area contributed by atoms with Gasteiger partial charge in [0.15, 0.2) is 0 Å². The van der Waals surface area contributed by atoms with Crippen LogP contribution in [-0.4, -0.2) is 39.4 Å². The molecule has 0 spiro atoms. The van der Waals surface area contributed by atoms with Gasteiger partial charge in [-0.3, -0.25) is 4.72 Å². The van der Waals surface area contributed by atoms with E-state index in [-0.39, 0.29) is 0 Å². The molecule has 0 amide bonds. The molecule has 1 aliphatic rings. The molecule has 118 valence electrons. The summed E-state index contributed by atoms with van der Waals surface area (Å²) in [7, 11) is -1.58. The molecule has 1 atom stereocenters. The van der Waals surface area contributed by atoms with Crippen LogP contribution in [-0.2, 0) is 10.2 Å². The molecule has 2 N–H and O–H groups in total. The molecule has 0 aromatic heterocycles. The van der Waals surface area contributed by atoms with E-state index in [0.717, 1.165) is 29.4 Å². The highest BCUT2D eigenvalue weighted by molar-refractivity contribution is 9.10. The predicted octanol–water partition coefficient (Wildman–Crippen LogP) is 2.35. The zero-order valence-electron chi connectivity index (χ0n) is 12.4. The summed E-state index contributed by atoms with van der Waals surface area (Å²) in [6.07, 6.45) is 1.98. The van der Waals surface area contributed by atoms with Crippen LogP contribution in [0.2, 0.25) is 0 Å². The molecule has 2 rings (SSSR count). The smallest absolute Gasteiger partial charge is 0.301 e. The second-order valence-corrected chi connectivity index (χ2v) is 8.02. The second kappa shape index (κ2) is 7.09. The fraction of sp³-hybridized carbons (Fsp3) is 0.571. The Morgan fingerprint density at radius 2 is 2.19 bits per heavy atom. The van der Waals surface area contributed by atoms with Crippen molar-refractivity contribution in [3.63, 3.8) is 0 Å². The van der Waals surface area contributed by atoms with E-state index in [1.54, 1.807) is 16.4 Å². The maximum absolute atomic E-state index is 12.5. The first-order chi connectivity index (χ1) is 9.92. The molecule has 21 heavy (non-hydrogen) atoms. The van der Waals surface area contributed by atoms with Gasteiger partial charge in [-0.25, -0.2) is 0 Å². The molecule has 1 saturated heterocycles. The van der Waals surface area contributed by atoms with E-state index in [1.807, 2.05) is 20.0 Å². The summed E-state index contributed by atoms with van der Waals surface area (Å²) in [6, 6.07) is 5.47. The normalized spacial score (nSPS) is 20.4. The minimum atomic E-state index is -3.48. The van der Waals surface area contributed by atoms with Gasteiger partial charge in [0.05, 0.1) is 5.69 Å². The summed E-state index contributed by atoms with van der Waals surface area (Å²) in [5.41, 5.74) is 1.66. The van der Waals surface area contributed by atoms with E-state index in [1.165, 1.54) is 0 Å². The Bertz CT molecular complexity index is 590. The number of rotatable bonds is 5. The largest absolute Gasteiger partial charge is 0.319 e.